The van der Waals surface area contributed by atoms with Crippen LogP contribution in [0.25, 0.3) is 11.0 Å². The predicted octanol–water partition coefficient (Wildman–Crippen LogP) is 2.07. The van der Waals surface area contributed by atoms with Crippen molar-refractivity contribution in [1.29, 1.82) is 0 Å². The van der Waals surface area contributed by atoms with E-state index in [-0.39, 0.29) is 5.69 Å². The second kappa shape index (κ2) is 14.6. The molecule has 228 valence electrons. The topological polar surface area (TPSA) is 180 Å². The number of carbonyl (C=O) groups is 3. The van der Waals surface area contributed by atoms with E-state index >= 15 is 0 Å². The van der Waals surface area contributed by atoms with Crippen molar-refractivity contribution >= 4 is 28.9 Å². The lowest BCUT2D eigenvalue weighted by molar-refractivity contribution is -0.170. The fourth-order valence-corrected chi connectivity index (χ4v) is 5.14. The van der Waals surface area contributed by atoms with Crippen LogP contribution in [-0.4, -0.2) is 80.6 Å². The van der Waals surface area contributed by atoms with Crippen LogP contribution in [0.3, 0.4) is 0 Å². The molecular formula is C29H39N5O8. The Morgan fingerprint density at radius 1 is 1.05 bits per heavy atom. The molecule has 4 rings (SSSR count). The minimum absolute atomic E-state index is 0.0309. The smallest absolute Gasteiger partial charge is 0.336 e. The number of aliphatic carboxylic acids is 3. The maximum absolute atomic E-state index is 12.2. The van der Waals surface area contributed by atoms with Gasteiger partial charge >= 0.3 is 23.6 Å². The monoisotopic (exact) mass is 585 g/mol. The number of rotatable bonds is 13. The highest BCUT2D eigenvalue weighted by atomic mass is 16.4. The van der Waals surface area contributed by atoms with Gasteiger partial charge in [0.1, 0.15) is 0 Å². The molecular weight excluding hydrogens is 546 g/mol. The molecule has 1 aromatic carbocycles. The Balaban J connectivity index is 0.000000316. The van der Waals surface area contributed by atoms with Crippen molar-refractivity contribution in [2.24, 2.45) is 20.0 Å². The third kappa shape index (κ3) is 8.88. The number of carboxylic acid groups (broad SMARTS) is 3. The normalized spacial score (nSPS) is 15.0. The Bertz CT molecular complexity index is 1440. The second-order valence-electron chi connectivity index (χ2n) is 10.7. The molecule has 0 spiro atoms. The maximum atomic E-state index is 12.2. The number of imidazole rings is 2. The summed E-state index contributed by atoms with van der Waals surface area (Å²) in [5.74, 6) is -4.28. The van der Waals surface area contributed by atoms with Crippen LogP contribution < -0.4 is 5.69 Å². The summed E-state index contributed by atoms with van der Waals surface area (Å²) in [6.07, 6.45) is 12.9. The third-order valence-electron chi connectivity index (χ3n) is 7.37. The first-order valence-electron chi connectivity index (χ1n) is 13.8. The highest BCUT2D eigenvalue weighted by Gasteiger charge is 2.40. The van der Waals surface area contributed by atoms with Crippen molar-refractivity contribution in [1.82, 2.24) is 23.6 Å². The van der Waals surface area contributed by atoms with Gasteiger partial charge in [-0.15, -0.1) is 0 Å². The quantitative estimate of drug-likeness (QED) is 0.217. The van der Waals surface area contributed by atoms with Gasteiger partial charge in [0.15, 0.2) is 5.60 Å². The van der Waals surface area contributed by atoms with Crippen molar-refractivity contribution in [2.45, 2.75) is 57.2 Å². The van der Waals surface area contributed by atoms with E-state index in [0.717, 1.165) is 49.6 Å². The molecule has 2 aromatic heterocycles. The lowest BCUT2D eigenvalue weighted by Gasteiger charge is -2.28. The van der Waals surface area contributed by atoms with Crippen molar-refractivity contribution in [3.8, 4) is 0 Å². The third-order valence-corrected chi connectivity index (χ3v) is 7.37. The van der Waals surface area contributed by atoms with E-state index in [1.165, 1.54) is 24.8 Å². The zero-order valence-electron chi connectivity index (χ0n) is 23.9. The van der Waals surface area contributed by atoms with Crippen molar-refractivity contribution in [3.63, 3.8) is 0 Å². The number of benzene rings is 1. The lowest BCUT2D eigenvalue weighted by Crippen LogP contribution is -2.42. The van der Waals surface area contributed by atoms with E-state index in [1.54, 1.807) is 9.13 Å². The van der Waals surface area contributed by atoms with Crippen LogP contribution in [0.1, 0.15) is 44.1 Å². The second-order valence-corrected chi connectivity index (χ2v) is 10.7. The fraction of sp³-hybridized carbons (Fsp3) is 0.483. The van der Waals surface area contributed by atoms with Crippen molar-refractivity contribution in [3.05, 3.63) is 65.1 Å². The van der Waals surface area contributed by atoms with Crippen LogP contribution in [0, 0.1) is 5.92 Å². The summed E-state index contributed by atoms with van der Waals surface area (Å²) in [6, 6.07) is 6.44. The van der Waals surface area contributed by atoms with Gasteiger partial charge in [0, 0.05) is 52.7 Å². The summed E-state index contributed by atoms with van der Waals surface area (Å²) in [6.45, 7) is 4.10. The summed E-state index contributed by atoms with van der Waals surface area (Å²) < 4.78 is 5.61. The molecule has 13 nitrogen and oxygen atoms in total. The zero-order valence-corrected chi connectivity index (χ0v) is 23.9. The average Bonchev–Trinajstić information content (AvgIpc) is 3.52. The molecule has 1 atom stereocenters. The molecule has 42 heavy (non-hydrogen) atoms. The number of fused-ring (bicyclic) bond motifs is 1. The SMILES string of the molecule is Cn1c(=O)n(C)c2cc(CN(CCCn3ccnc3)CC3CC=CCC3)ccc21.O=C(O)CC(O)(CC(=O)O)C(=O)O. The first-order valence-corrected chi connectivity index (χ1v) is 13.8. The highest BCUT2D eigenvalue weighted by molar-refractivity contribution is 5.88. The minimum atomic E-state index is -2.74. The molecule has 1 aliphatic carbocycles. The summed E-state index contributed by atoms with van der Waals surface area (Å²) in [7, 11) is 3.69. The van der Waals surface area contributed by atoms with E-state index in [9.17, 15) is 19.2 Å². The van der Waals surface area contributed by atoms with Gasteiger partial charge in [0.05, 0.1) is 30.2 Å². The molecule has 1 aliphatic rings. The zero-order chi connectivity index (χ0) is 30.9. The molecule has 0 saturated heterocycles. The van der Waals surface area contributed by atoms with Gasteiger partial charge in [0.2, 0.25) is 0 Å². The molecule has 4 N–H and O–H groups in total. The molecule has 1 unspecified atom stereocenters. The molecule has 13 heteroatoms. The first-order chi connectivity index (χ1) is 19.9. The molecule has 0 bridgehead atoms. The van der Waals surface area contributed by atoms with Gasteiger partial charge in [-0.05, 0) is 49.3 Å². The lowest BCUT2D eigenvalue weighted by atomic mass is 9.93. The minimum Gasteiger partial charge on any atom is -0.481 e. The van der Waals surface area contributed by atoms with Crippen LogP contribution >= 0.6 is 0 Å². The summed E-state index contributed by atoms with van der Waals surface area (Å²) in [5, 5.41) is 33.8. The highest BCUT2D eigenvalue weighted by Crippen LogP contribution is 2.22. The molecule has 0 saturated carbocycles. The Labute approximate surface area is 242 Å². The van der Waals surface area contributed by atoms with E-state index in [1.807, 2.05) is 32.8 Å². The van der Waals surface area contributed by atoms with Crippen molar-refractivity contribution in [2.75, 3.05) is 13.1 Å². The number of aromatic nitrogens is 4. The Morgan fingerprint density at radius 3 is 2.31 bits per heavy atom. The predicted molar refractivity (Wildman–Crippen MR) is 154 cm³/mol. The summed E-state index contributed by atoms with van der Waals surface area (Å²) in [5.41, 5.74) is 0.563. The van der Waals surface area contributed by atoms with Gasteiger partial charge < -0.3 is 25.0 Å². The van der Waals surface area contributed by atoms with E-state index in [4.69, 9.17) is 20.4 Å². The van der Waals surface area contributed by atoms with Crippen LogP contribution in [0.5, 0.6) is 0 Å². The molecule has 2 heterocycles. The number of hydrogen-bond acceptors (Lipinski definition) is 7. The maximum Gasteiger partial charge on any atom is 0.336 e. The van der Waals surface area contributed by atoms with E-state index < -0.39 is 36.4 Å². The van der Waals surface area contributed by atoms with Gasteiger partial charge in [-0.3, -0.25) is 23.6 Å². The van der Waals surface area contributed by atoms with Crippen molar-refractivity contribution < 1.29 is 34.8 Å². The molecule has 0 amide bonds. The van der Waals surface area contributed by atoms with Gasteiger partial charge in [-0.2, -0.15) is 0 Å². The molecule has 0 fully saturated rings. The van der Waals surface area contributed by atoms with Crippen LogP contribution in [0.15, 0.2) is 53.9 Å². The number of carboxylic acids is 3. The van der Waals surface area contributed by atoms with Gasteiger partial charge in [0.25, 0.3) is 0 Å². The number of nitrogens with zero attached hydrogens (tertiary/aromatic N) is 5. The van der Waals surface area contributed by atoms with Crippen LogP contribution in [-0.2, 0) is 41.6 Å². The first kappa shape index (κ1) is 32.3. The molecule has 0 aliphatic heterocycles. The van der Waals surface area contributed by atoms with Crippen LogP contribution in [0.4, 0.5) is 0 Å². The Morgan fingerprint density at radius 2 is 1.74 bits per heavy atom. The Hall–Kier alpha value is -4.23. The summed E-state index contributed by atoms with van der Waals surface area (Å²) in [4.78, 5) is 49.5. The number of aryl methyl sites for hydroxylation is 3. The Kier molecular flexibility index (Phi) is 11.2. The van der Waals surface area contributed by atoms with Gasteiger partial charge in [-0.25, -0.2) is 14.6 Å². The molecule has 0 radical (unpaired) electrons. The summed E-state index contributed by atoms with van der Waals surface area (Å²) >= 11 is 0. The number of allylic oxidation sites excluding steroid dienone is 2. The number of hydrogen-bond donors (Lipinski definition) is 4. The fourth-order valence-electron chi connectivity index (χ4n) is 5.14. The molecule has 3 aromatic rings. The largest absolute Gasteiger partial charge is 0.481 e. The van der Waals surface area contributed by atoms with E-state index in [2.05, 4.69) is 44.8 Å². The van der Waals surface area contributed by atoms with Crippen LogP contribution in [0.2, 0.25) is 0 Å². The number of aliphatic hydroxyl groups is 1. The van der Waals surface area contributed by atoms with Gasteiger partial charge in [-0.1, -0.05) is 18.2 Å². The standard InChI is InChI=1S/C23H31N5O.C6H8O7/c1-25-21-10-9-20(15-22(21)26(2)23(25)29)17-28(16-19-7-4-3-5-8-19)13-6-12-27-14-11-24-18-27;7-3(8)1-6(13,5(11)12)2-4(9)10/h3-4,9-11,14-15,18-19H,5-8,12-13,16-17H2,1-2H3;13H,1-2H2,(H,7,8)(H,9,10)(H,11,12). The van der Waals surface area contributed by atoms with E-state index in [0.29, 0.717) is 0 Å². The average molecular weight is 586 g/mol.